The second-order valence-electron chi connectivity index (χ2n) is 4.95. The van der Waals surface area contributed by atoms with Crippen molar-refractivity contribution in [3.05, 3.63) is 36.9 Å². The van der Waals surface area contributed by atoms with Crippen molar-refractivity contribution >= 4 is 17.5 Å². The quantitative estimate of drug-likeness (QED) is 0.870. The van der Waals surface area contributed by atoms with Crippen molar-refractivity contribution in [2.45, 2.75) is 12.8 Å². The number of nitrogens with zero attached hydrogens (tertiary/aromatic N) is 3. The van der Waals surface area contributed by atoms with E-state index in [4.69, 9.17) is 0 Å². The van der Waals surface area contributed by atoms with Gasteiger partial charge in [0.15, 0.2) is 0 Å². The largest absolute Gasteiger partial charge is 0.355 e. The van der Waals surface area contributed by atoms with E-state index < -0.39 is 0 Å². The Kier molecular flexibility index (Phi) is 3.63. The number of hydrogen-bond acceptors (Lipinski definition) is 4. The van der Waals surface area contributed by atoms with Gasteiger partial charge >= 0.3 is 0 Å². The Bertz CT molecular complexity index is 643. The van der Waals surface area contributed by atoms with Gasteiger partial charge in [-0.15, -0.1) is 10.2 Å². The van der Waals surface area contributed by atoms with E-state index in [1.807, 2.05) is 24.3 Å². The Labute approximate surface area is 121 Å². The summed E-state index contributed by atoms with van der Waals surface area (Å²) in [6.45, 7) is 0.399. The van der Waals surface area contributed by atoms with Crippen LogP contribution in [0.25, 0.3) is 5.69 Å². The molecular weight excluding hydrogens is 270 g/mol. The van der Waals surface area contributed by atoms with E-state index >= 15 is 0 Å². The maximum Gasteiger partial charge on any atom is 0.229 e. The zero-order valence-electron chi connectivity index (χ0n) is 11.3. The van der Waals surface area contributed by atoms with Crippen LogP contribution in [0.3, 0.4) is 0 Å². The molecule has 1 aromatic heterocycles. The van der Waals surface area contributed by atoms with Crippen LogP contribution >= 0.6 is 0 Å². The van der Waals surface area contributed by atoms with E-state index in [2.05, 4.69) is 20.8 Å². The van der Waals surface area contributed by atoms with Crippen LogP contribution in [0.2, 0.25) is 0 Å². The first kappa shape index (κ1) is 13.3. The summed E-state index contributed by atoms with van der Waals surface area (Å²) in [6, 6.07) is 7.43. The smallest absolute Gasteiger partial charge is 0.229 e. The molecule has 2 N–H and O–H groups in total. The molecule has 2 aromatic rings. The highest BCUT2D eigenvalue weighted by atomic mass is 16.2. The molecule has 7 nitrogen and oxygen atoms in total. The van der Waals surface area contributed by atoms with Gasteiger partial charge in [0.05, 0.1) is 11.6 Å². The van der Waals surface area contributed by atoms with Crippen molar-refractivity contribution in [1.82, 2.24) is 20.1 Å². The van der Waals surface area contributed by atoms with E-state index in [9.17, 15) is 9.59 Å². The minimum Gasteiger partial charge on any atom is -0.355 e. The van der Waals surface area contributed by atoms with Crippen LogP contribution in [-0.4, -0.2) is 33.1 Å². The number of anilines is 1. The molecule has 1 atom stereocenters. The van der Waals surface area contributed by atoms with Gasteiger partial charge < -0.3 is 10.6 Å². The first-order chi connectivity index (χ1) is 10.2. The van der Waals surface area contributed by atoms with E-state index in [1.54, 1.807) is 17.2 Å². The highest BCUT2D eigenvalue weighted by molar-refractivity contribution is 5.94. The molecule has 1 unspecified atom stereocenters. The molecule has 0 bridgehead atoms. The van der Waals surface area contributed by atoms with Crippen molar-refractivity contribution in [2.24, 2.45) is 5.92 Å². The number of nitrogens with one attached hydrogen (secondary N) is 2. The van der Waals surface area contributed by atoms with Gasteiger partial charge in [-0.05, 0) is 24.6 Å². The summed E-state index contributed by atoms with van der Waals surface area (Å²) in [7, 11) is 0. The molecule has 1 aliphatic heterocycles. The molecule has 1 aliphatic rings. The molecule has 21 heavy (non-hydrogen) atoms. The lowest BCUT2D eigenvalue weighted by atomic mass is 9.98. The fourth-order valence-corrected chi connectivity index (χ4v) is 2.28. The standard InChI is InChI=1S/C14H15N5O2/c20-13-5-4-10(7-15-13)14(21)18-11-2-1-3-12(6-11)19-8-16-17-9-19/h1-3,6,8-10H,4-5,7H2,(H,15,20)(H,18,21). The summed E-state index contributed by atoms with van der Waals surface area (Å²) >= 11 is 0. The van der Waals surface area contributed by atoms with Gasteiger partial charge in [0.2, 0.25) is 11.8 Å². The van der Waals surface area contributed by atoms with Gasteiger partial charge in [-0.25, -0.2) is 0 Å². The zero-order valence-corrected chi connectivity index (χ0v) is 11.3. The van der Waals surface area contributed by atoms with Gasteiger partial charge in [0.25, 0.3) is 0 Å². The summed E-state index contributed by atoms with van der Waals surface area (Å²) in [4.78, 5) is 23.3. The molecule has 0 saturated carbocycles. The number of benzene rings is 1. The predicted molar refractivity (Wildman–Crippen MR) is 75.7 cm³/mol. The zero-order chi connectivity index (χ0) is 14.7. The lowest BCUT2D eigenvalue weighted by molar-refractivity contribution is -0.126. The van der Waals surface area contributed by atoms with Crippen LogP contribution < -0.4 is 10.6 Å². The lowest BCUT2D eigenvalue weighted by Crippen LogP contribution is -2.40. The van der Waals surface area contributed by atoms with Crippen LogP contribution in [0, 0.1) is 5.92 Å². The molecule has 0 radical (unpaired) electrons. The normalized spacial score (nSPS) is 18.1. The SMILES string of the molecule is O=C1CCC(C(=O)Nc2cccc(-n3cnnc3)c2)CN1. The van der Waals surface area contributed by atoms with Crippen LogP contribution in [0.1, 0.15) is 12.8 Å². The molecule has 1 saturated heterocycles. The molecule has 3 rings (SSSR count). The first-order valence-corrected chi connectivity index (χ1v) is 6.75. The van der Waals surface area contributed by atoms with Crippen molar-refractivity contribution < 1.29 is 9.59 Å². The molecule has 2 amide bonds. The van der Waals surface area contributed by atoms with Crippen molar-refractivity contribution in [1.29, 1.82) is 0 Å². The van der Waals surface area contributed by atoms with E-state index in [1.165, 1.54) is 0 Å². The summed E-state index contributed by atoms with van der Waals surface area (Å²) in [6.07, 6.45) is 4.18. The fraction of sp³-hybridized carbons (Fsp3) is 0.286. The van der Waals surface area contributed by atoms with E-state index in [0.717, 1.165) is 5.69 Å². The van der Waals surface area contributed by atoms with E-state index in [-0.39, 0.29) is 17.7 Å². The second kappa shape index (κ2) is 5.74. The van der Waals surface area contributed by atoms with Gasteiger partial charge in [-0.2, -0.15) is 0 Å². The third-order valence-electron chi connectivity index (χ3n) is 3.47. The Hall–Kier alpha value is -2.70. The van der Waals surface area contributed by atoms with Crippen LogP contribution in [0.15, 0.2) is 36.9 Å². The highest BCUT2D eigenvalue weighted by Crippen LogP contribution is 2.17. The van der Waals surface area contributed by atoms with Crippen LogP contribution in [0.4, 0.5) is 5.69 Å². The maximum absolute atomic E-state index is 12.2. The average molecular weight is 285 g/mol. The second-order valence-corrected chi connectivity index (χ2v) is 4.95. The Morgan fingerprint density at radius 2 is 2.14 bits per heavy atom. The number of amides is 2. The number of carbonyl (C=O) groups excluding carboxylic acids is 2. The number of aromatic nitrogens is 3. The van der Waals surface area contributed by atoms with Crippen molar-refractivity contribution in [2.75, 3.05) is 11.9 Å². The summed E-state index contributed by atoms with van der Waals surface area (Å²) in [5.41, 5.74) is 1.58. The van der Waals surface area contributed by atoms with Crippen molar-refractivity contribution in [3.63, 3.8) is 0 Å². The predicted octanol–water partition coefficient (Wildman–Crippen LogP) is 0.732. The average Bonchev–Trinajstić information content (AvgIpc) is 3.02. The van der Waals surface area contributed by atoms with Gasteiger partial charge in [0.1, 0.15) is 12.7 Å². The molecule has 0 spiro atoms. The minimum absolute atomic E-state index is 0.00801. The molecule has 1 fully saturated rings. The minimum atomic E-state index is -0.179. The third kappa shape index (κ3) is 3.07. The van der Waals surface area contributed by atoms with Crippen LogP contribution in [-0.2, 0) is 9.59 Å². The number of carbonyl (C=O) groups is 2. The van der Waals surface area contributed by atoms with E-state index in [0.29, 0.717) is 25.1 Å². The van der Waals surface area contributed by atoms with Gasteiger partial charge in [-0.3, -0.25) is 14.2 Å². The Morgan fingerprint density at radius 1 is 1.33 bits per heavy atom. The number of hydrogen-bond donors (Lipinski definition) is 2. The summed E-state index contributed by atoms with van der Waals surface area (Å²) in [5.74, 6) is -0.245. The number of rotatable bonds is 3. The molecule has 0 aliphatic carbocycles. The molecule has 7 heteroatoms. The van der Waals surface area contributed by atoms with Gasteiger partial charge in [0, 0.05) is 18.7 Å². The van der Waals surface area contributed by atoms with Crippen LogP contribution in [0.5, 0.6) is 0 Å². The van der Waals surface area contributed by atoms with Gasteiger partial charge in [-0.1, -0.05) is 6.07 Å². The van der Waals surface area contributed by atoms with Crippen molar-refractivity contribution in [3.8, 4) is 5.69 Å². The molecule has 108 valence electrons. The monoisotopic (exact) mass is 285 g/mol. The highest BCUT2D eigenvalue weighted by Gasteiger charge is 2.24. The topological polar surface area (TPSA) is 88.9 Å². The molecule has 1 aromatic carbocycles. The third-order valence-corrected chi connectivity index (χ3v) is 3.47. The fourth-order valence-electron chi connectivity index (χ4n) is 2.28. The first-order valence-electron chi connectivity index (χ1n) is 6.75. The number of piperidine rings is 1. The molecule has 2 heterocycles. The summed E-state index contributed by atoms with van der Waals surface area (Å²) in [5, 5.41) is 13.1. The molecular formula is C14H15N5O2. The Morgan fingerprint density at radius 3 is 2.86 bits per heavy atom. The lowest BCUT2D eigenvalue weighted by Gasteiger charge is -2.21. The summed E-state index contributed by atoms with van der Waals surface area (Å²) < 4.78 is 1.76. The maximum atomic E-state index is 12.2. The Balaban J connectivity index is 1.69.